The van der Waals surface area contributed by atoms with Crippen LogP contribution in [0.1, 0.15) is 52.9 Å². The van der Waals surface area contributed by atoms with Crippen molar-refractivity contribution in [3.05, 3.63) is 0 Å². The standard InChI is InChI=1S/C13H28N2/c1-4-12(5-2)15(6-3)13-9-7-8-11(13)10-14/h11-13H,4-10,14H2,1-3H3. The van der Waals surface area contributed by atoms with E-state index in [1.807, 2.05) is 0 Å². The third-order valence-corrected chi connectivity index (χ3v) is 4.12. The van der Waals surface area contributed by atoms with Crippen molar-refractivity contribution in [2.75, 3.05) is 13.1 Å². The Labute approximate surface area is 95.2 Å². The van der Waals surface area contributed by atoms with Crippen molar-refractivity contribution in [1.29, 1.82) is 0 Å². The molecular formula is C13H28N2. The first-order valence-electron chi connectivity index (χ1n) is 6.74. The Morgan fingerprint density at radius 1 is 1.20 bits per heavy atom. The van der Waals surface area contributed by atoms with Gasteiger partial charge < -0.3 is 5.73 Å². The molecule has 2 heteroatoms. The first-order chi connectivity index (χ1) is 7.28. The van der Waals surface area contributed by atoms with Gasteiger partial charge in [0.05, 0.1) is 0 Å². The van der Waals surface area contributed by atoms with E-state index in [2.05, 4.69) is 25.7 Å². The van der Waals surface area contributed by atoms with Gasteiger partial charge in [-0.05, 0) is 44.7 Å². The summed E-state index contributed by atoms with van der Waals surface area (Å²) in [6, 6.07) is 1.54. The Morgan fingerprint density at radius 2 is 1.87 bits per heavy atom. The fraction of sp³-hybridized carbons (Fsp3) is 1.00. The molecule has 1 aliphatic carbocycles. The second-order valence-corrected chi connectivity index (χ2v) is 4.79. The average Bonchev–Trinajstić information content (AvgIpc) is 2.73. The van der Waals surface area contributed by atoms with Crippen LogP contribution in [0.3, 0.4) is 0 Å². The molecule has 0 saturated heterocycles. The van der Waals surface area contributed by atoms with Crippen molar-refractivity contribution < 1.29 is 0 Å². The lowest BCUT2D eigenvalue weighted by atomic mass is 9.99. The Morgan fingerprint density at radius 3 is 2.33 bits per heavy atom. The summed E-state index contributed by atoms with van der Waals surface area (Å²) >= 11 is 0. The molecule has 0 radical (unpaired) electrons. The summed E-state index contributed by atoms with van der Waals surface area (Å²) in [4.78, 5) is 2.71. The molecule has 0 aromatic heterocycles. The minimum atomic E-state index is 0.755. The normalized spacial score (nSPS) is 26.8. The van der Waals surface area contributed by atoms with E-state index in [4.69, 9.17) is 5.73 Å². The summed E-state index contributed by atoms with van der Waals surface area (Å²) in [5, 5.41) is 0. The lowest BCUT2D eigenvalue weighted by molar-refractivity contribution is 0.108. The zero-order valence-electron chi connectivity index (χ0n) is 10.7. The van der Waals surface area contributed by atoms with Gasteiger partial charge in [-0.3, -0.25) is 4.90 Å². The van der Waals surface area contributed by atoms with Gasteiger partial charge in [0.2, 0.25) is 0 Å². The molecule has 0 aromatic rings. The molecule has 1 aliphatic rings. The van der Waals surface area contributed by atoms with E-state index >= 15 is 0 Å². The van der Waals surface area contributed by atoms with Gasteiger partial charge in [0, 0.05) is 12.1 Å². The molecule has 2 N–H and O–H groups in total. The second-order valence-electron chi connectivity index (χ2n) is 4.79. The lowest BCUT2D eigenvalue weighted by Crippen LogP contribution is -2.46. The van der Waals surface area contributed by atoms with Crippen LogP contribution in [0.25, 0.3) is 0 Å². The van der Waals surface area contributed by atoms with Crippen LogP contribution in [0.15, 0.2) is 0 Å². The Bertz CT molecular complexity index is 166. The molecule has 15 heavy (non-hydrogen) atoms. The Balaban J connectivity index is 2.63. The van der Waals surface area contributed by atoms with E-state index in [1.54, 1.807) is 0 Å². The number of rotatable bonds is 6. The molecule has 2 atom stereocenters. The maximum Gasteiger partial charge on any atom is 0.0138 e. The van der Waals surface area contributed by atoms with Crippen molar-refractivity contribution >= 4 is 0 Å². The highest BCUT2D eigenvalue weighted by Crippen LogP contribution is 2.31. The number of hydrogen-bond acceptors (Lipinski definition) is 2. The molecule has 0 spiro atoms. The molecule has 1 saturated carbocycles. The van der Waals surface area contributed by atoms with Gasteiger partial charge in [0.25, 0.3) is 0 Å². The Hall–Kier alpha value is -0.0800. The van der Waals surface area contributed by atoms with E-state index < -0.39 is 0 Å². The fourth-order valence-electron chi connectivity index (χ4n) is 3.25. The summed E-state index contributed by atoms with van der Waals surface area (Å²) in [5.41, 5.74) is 5.87. The second kappa shape index (κ2) is 6.49. The number of nitrogens with zero attached hydrogens (tertiary/aromatic N) is 1. The number of nitrogens with two attached hydrogens (primary N) is 1. The summed E-state index contributed by atoms with van der Waals surface area (Å²) in [5.74, 6) is 0.755. The van der Waals surface area contributed by atoms with E-state index in [0.717, 1.165) is 24.5 Å². The smallest absolute Gasteiger partial charge is 0.0138 e. The highest BCUT2D eigenvalue weighted by atomic mass is 15.2. The minimum absolute atomic E-state index is 0.755. The van der Waals surface area contributed by atoms with Gasteiger partial charge in [0.1, 0.15) is 0 Å². The lowest BCUT2D eigenvalue weighted by Gasteiger charge is -2.37. The third-order valence-electron chi connectivity index (χ3n) is 4.12. The van der Waals surface area contributed by atoms with Crippen LogP contribution in [0.4, 0.5) is 0 Å². The van der Waals surface area contributed by atoms with Crippen LogP contribution in [0, 0.1) is 5.92 Å². The molecule has 2 unspecified atom stereocenters. The molecule has 0 heterocycles. The van der Waals surface area contributed by atoms with Crippen molar-refractivity contribution in [3.8, 4) is 0 Å². The van der Waals surface area contributed by atoms with Gasteiger partial charge >= 0.3 is 0 Å². The maximum absolute atomic E-state index is 5.87. The van der Waals surface area contributed by atoms with Crippen LogP contribution in [-0.2, 0) is 0 Å². The fourth-order valence-corrected chi connectivity index (χ4v) is 3.25. The zero-order chi connectivity index (χ0) is 11.3. The SMILES string of the molecule is CCC(CC)N(CC)C1CCCC1CN. The summed E-state index contributed by atoms with van der Waals surface area (Å²) in [6.07, 6.45) is 6.64. The van der Waals surface area contributed by atoms with Gasteiger partial charge in [-0.1, -0.05) is 27.2 Å². The summed E-state index contributed by atoms with van der Waals surface area (Å²) in [6.45, 7) is 8.98. The van der Waals surface area contributed by atoms with E-state index in [1.165, 1.54) is 38.6 Å². The Kier molecular flexibility index (Phi) is 5.62. The molecule has 1 rings (SSSR count). The van der Waals surface area contributed by atoms with Gasteiger partial charge in [0.15, 0.2) is 0 Å². The van der Waals surface area contributed by atoms with Crippen molar-refractivity contribution in [2.24, 2.45) is 11.7 Å². The largest absolute Gasteiger partial charge is 0.330 e. The van der Waals surface area contributed by atoms with Crippen molar-refractivity contribution in [1.82, 2.24) is 4.90 Å². The monoisotopic (exact) mass is 212 g/mol. The zero-order valence-corrected chi connectivity index (χ0v) is 10.7. The molecule has 90 valence electrons. The highest BCUT2D eigenvalue weighted by Gasteiger charge is 2.32. The van der Waals surface area contributed by atoms with Crippen LogP contribution < -0.4 is 5.73 Å². The van der Waals surface area contributed by atoms with Crippen LogP contribution >= 0.6 is 0 Å². The quantitative estimate of drug-likeness (QED) is 0.733. The molecule has 0 bridgehead atoms. The predicted octanol–water partition coefficient (Wildman–Crippen LogP) is 2.62. The van der Waals surface area contributed by atoms with Gasteiger partial charge in [-0.2, -0.15) is 0 Å². The van der Waals surface area contributed by atoms with E-state index in [-0.39, 0.29) is 0 Å². The first kappa shape index (κ1) is 13.0. The molecule has 1 fully saturated rings. The molecule has 0 amide bonds. The number of hydrogen-bond donors (Lipinski definition) is 1. The maximum atomic E-state index is 5.87. The topological polar surface area (TPSA) is 29.3 Å². The van der Waals surface area contributed by atoms with Crippen molar-refractivity contribution in [3.63, 3.8) is 0 Å². The predicted molar refractivity (Wildman–Crippen MR) is 66.9 cm³/mol. The van der Waals surface area contributed by atoms with Crippen LogP contribution in [-0.4, -0.2) is 30.1 Å². The van der Waals surface area contributed by atoms with E-state index in [0.29, 0.717) is 0 Å². The summed E-state index contributed by atoms with van der Waals surface area (Å²) < 4.78 is 0. The molecule has 0 aromatic carbocycles. The molecule has 2 nitrogen and oxygen atoms in total. The van der Waals surface area contributed by atoms with E-state index in [9.17, 15) is 0 Å². The molecule has 0 aliphatic heterocycles. The third kappa shape index (κ3) is 2.94. The van der Waals surface area contributed by atoms with Crippen LogP contribution in [0.2, 0.25) is 0 Å². The van der Waals surface area contributed by atoms with Gasteiger partial charge in [-0.15, -0.1) is 0 Å². The van der Waals surface area contributed by atoms with Crippen LogP contribution in [0.5, 0.6) is 0 Å². The molecular weight excluding hydrogens is 184 g/mol. The average molecular weight is 212 g/mol. The minimum Gasteiger partial charge on any atom is -0.330 e. The summed E-state index contributed by atoms with van der Waals surface area (Å²) in [7, 11) is 0. The highest BCUT2D eigenvalue weighted by molar-refractivity contribution is 4.88. The first-order valence-corrected chi connectivity index (χ1v) is 6.74. The van der Waals surface area contributed by atoms with Gasteiger partial charge in [-0.25, -0.2) is 0 Å². The van der Waals surface area contributed by atoms with Crippen molar-refractivity contribution in [2.45, 2.75) is 65.0 Å².